The predicted octanol–water partition coefficient (Wildman–Crippen LogP) is 13.7. The number of hydrogen-bond acceptors (Lipinski definition) is 13. The number of hydrogen-bond donors (Lipinski definition) is 6. The molecule has 79 heavy (non-hydrogen) atoms. The smallest absolute Gasteiger partial charge is 0.371 e. The van der Waals surface area contributed by atoms with Crippen LogP contribution in [0.25, 0.3) is 32.7 Å². The van der Waals surface area contributed by atoms with Crippen molar-refractivity contribution in [2.24, 2.45) is 0 Å². The van der Waals surface area contributed by atoms with Crippen LogP contribution in [0.15, 0.2) is 152 Å². The van der Waals surface area contributed by atoms with Crippen molar-refractivity contribution in [2.45, 2.75) is 30.7 Å². The summed E-state index contributed by atoms with van der Waals surface area (Å²) in [6.07, 6.45) is -8.09. The molecule has 21 heteroatoms. The fourth-order valence-electron chi connectivity index (χ4n) is 9.16. The molecule has 9 aromatic rings. The monoisotopic (exact) mass is 1120 g/mol. The van der Waals surface area contributed by atoms with Crippen LogP contribution in [-0.4, -0.2) is 79.0 Å². The van der Waals surface area contributed by atoms with Gasteiger partial charge in [0.1, 0.15) is 23.7 Å². The minimum absolute atomic E-state index is 0.0632. The van der Waals surface area contributed by atoms with Crippen LogP contribution in [0.3, 0.4) is 0 Å². The Morgan fingerprint density at radius 1 is 0.506 bits per heavy atom. The quantitative estimate of drug-likeness (QED) is 0.0762. The van der Waals surface area contributed by atoms with Crippen LogP contribution >= 0.6 is 23.2 Å². The normalized spacial score (nSPS) is 17.7. The topological polar surface area (TPSA) is 151 Å². The number of rotatable bonds is 9. The van der Waals surface area contributed by atoms with Gasteiger partial charge in [0.2, 0.25) is 0 Å². The average molecular weight is 1120 g/mol. The zero-order valence-electron chi connectivity index (χ0n) is 42.1. The van der Waals surface area contributed by atoms with Crippen molar-refractivity contribution in [3.8, 4) is 0 Å². The number of morpholine rings is 3. The van der Waals surface area contributed by atoms with E-state index in [1.54, 1.807) is 30.6 Å². The lowest BCUT2D eigenvalue weighted by Crippen LogP contribution is -2.33. The molecule has 0 aliphatic carbocycles. The molecule has 13 nitrogen and oxygen atoms in total. The molecule has 6 aromatic carbocycles. The number of pyridine rings is 2. The van der Waals surface area contributed by atoms with Crippen LogP contribution in [-0.2, 0) is 26.6 Å². The summed E-state index contributed by atoms with van der Waals surface area (Å²) >= 11 is 12.3. The SMILES string of the molecule is Clc1ccc2ncnc(Nc3ccc([C@H]4CNCCO4)cc3)c2c1.Clc1cccc2ccc(Nc3ccc([C@H]4CNCCO4)cc3)nc12.FC(F)(F)c1cc(Nc2ccc([C@H]3CNCCO3)cc2)c2cccc(C(F)(F)F)c2n1. The molecule has 3 aromatic heterocycles. The molecule has 0 radical (unpaired) electrons. The second kappa shape index (κ2) is 24.9. The standard InChI is InChI=1S/C21H17F6N3O.C19H18ClN3O.C18H17ClN4O/c22-20(23,24)15-3-1-2-14-16(10-18(21(25,26)27)30-19(14)15)29-13-6-4-12(5-7-13)17-11-28-8-9-31-17;20-16-3-1-2-14-6-9-18(23-19(14)16)22-15-7-4-13(5-8-15)17-12-21-10-11-24-17;19-13-3-6-16-15(9-13)18(22-11-21-16)23-14-4-1-12(2-5-14)17-10-20-7-8-24-17/h1-7,10,17,28H,8-9,11H2,(H,29,30);1-9,17,21H,10-12H2,(H,22,23);1-6,9,11,17,20H,7-8,10H2,(H,21,22,23)/t3*17-/m111/s1. The molecule has 3 atom stereocenters. The van der Waals surface area contributed by atoms with E-state index in [0.29, 0.717) is 41.0 Å². The highest BCUT2D eigenvalue weighted by atomic mass is 35.5. The highest BCUT2D eigenvalue weighted by Crippen LogP contribution is 2.40. The first-order valence-corrected chi connectivity index (χ1v) is 26.1. The molecule has 3 aliphatic heterocycles. The number of anilines is 6. The van der Waals surface area contributed by atoms with Gasteiger partial charge in [-0.15, -0.1) is 0 Å². The molecule has 3 fully saturated rings. The number of fused-ring (bicyclic) bond motifs is 3. The van der Waals surface area contributed by atoms with Gasteiger partial charge in [0.05, 0.1) is 71.0 Å². The molecule has 0 saturated carbocycles. The zero-order valence-corrected chi connectivity index (χ0v) is 43.6. The van der Waals surface area contributed by atoms with Gasteiger partial charge < -0.3 is 46.1 Å². The summed E-state index contributed by atoms with van der Waals surface area (Å²) in [5.74, 6) is 1.52. The number of alkyl halides is 6. The van der Waals surface area contributed by atoms with E-state index in [2.05, 4.69) is 76.1 Å². The third-order valence-corrected chi connectivity index (χ3v) is 13.7. The van der Waals surface area contributed by atoms with Crippen molar-refractivity contribution in [1.82, 2.24) is 35.9 Å². The highest BCUT2D eigenvalue weighted by Gasteiger charge is 2.37. The molecule has 12 rings (SSSR count). The molecule has 6 N–H and O–H groups in total. The maximum absolute atomic E-state index is 13.4. The minimum Gasteiger partial charge on any atom is -0.371 e. The molecule has 0 spiro atoms. The maximum Gasteiger partial charge on any atom is 0.433 e. The van der Waals surface area contributed by atoms with Crippen LogP contribution in [0, 0.1) is 0 Å². The predicted molar refractivity (Wildman–Crippen MR) is 297 cm³/mol. The number of nitrogens with zero attached hydrogens (tertiary/aromatic N) is 4. The Morgan fingerprint density at radius 3 is 1.61 bits per heavy atom. The number of para-hydroxylation sites is 2. The summed E-state index contributed by atoms with van der Waals surface area (Å²) < 4.78 is 97.3. The van der Waals surface area contributed by atoms with Crippen LogP contribution in [0.2, 0.25) is 10.0 Å². The summed E-state index contributed by atoms with van der Waals surface area (Å²) in [5, 5.41) is 22.6. The zero-order chi connectivity index (χ0) is 54.9. The fraction of sp³-hybridized carbons (Fsp3) is 0.241. The van der Waals surface area contributed by atoms with E-state index in [-0.39, 0.29) is 29.4 Å². The van der Waals surface area contributed by atoms with E-state index in [4.69, 9.17) is 37.4 Å². The van der Waals surface area contributed by atoms with Crippen LogP contribution in [0.1, 0.15) is 46.3 Å². The van der Waals surface area contributed by atoms with Crippen LogP contribution in [0.4, 0.5) is 60.7 Å². The Hall–Kier alpha value is -7.20. The Balaban J connectivity index is 0.000000135. The minimum atomic E-state index is -4.90. The first-order chi connectivity index (χ1) is 38.2. The van der Waals surface area contributed by atoms with Crippen LogP contribution < -0.4 is 31.9 Å². The summed E-state index contributed by atoms with van der Waals surface area (Å²) in [6.45, 7) is 7.01. The summed E-state index contributed by atoms with van der Waals surface area (Å²) in [6, 6.07) is 42.5. The van der Waals surface area contributed by atoms with Gasteiger partial charge in [-0.2, -0.15) is 26.3 Å². The van der Waals surface area contributed by atoms with Crippen molar-refractivity contribution in [1.29, 1.82) is 0 Å². The molecule has 0 bridgehead atoms. The van der Waals surface area contributed by atoms with E-state index in [1.165, 1.54) is 17.2 Å². The first-order valence-electron chi connectivity index (χ1n) is 25.3. The maximum atomic E-state index is 13.4. The lowest BCUT2D eigenvalue weighted by Gasteiger charge is -2.24. The van der Waals surface area contributed by atoms with E-state index in [0.717, 1.165) is 102 Å². The van der Waals surface area contributed by atoms with Gasteiger partial charge in [-0.3, -0.25) is 0 Å². The molecular weight excluding hydrogens is 1070 g/mol. The number of halogens is 8. The van der Waals surface area contributed by atoms with E-state index in [1.807, 2.05) is 72.8 Å². The Bertz CT molecular complexity index is 3510. The Labute approximate surface area is 460 Å². The van der Waals surface area contributed by atoms with Crippen molar-refractivity contribution in [3.05, 3.63) is 190 Å². The molecule has 6 heterocycles. The van der Waals surface area contributed by atoms with Gasteiger partial charge >= 0.3 is 12.4 Å². The van der Waals surface area contributed by atoms with Gasteiger partial charge in [0.25, 0.3) is 0 Å². The number of benzene rings is 6. The largest absolute Gasteiger partial charge is 0.433 e. The van der Waals surface area contributed by atoms with Crippen molar-refractivity contribution in [3.63, 3.8) is 0 Å². The third kappa shape index (κ3) is 14.0. The van der Waals surface area contributed by atoms with Gasteiger partial charge in [0.15, 0.2) is 0 Å². The number of nitrogens with one attached hydrogen (secondary N) is 6. The second-order valence-corrected chi connectivity index (χ2v) is 19.4. The lowest BCUT2D eigenvalue weighted by atomic mass is 10.1. The average Bonchev–Trinajstić information content (AvgIpc) is 3.53. The number of aromatic nitrogens is 4. The Kier molecular flexibility index (Phi) is 17.3. The Morgan fingerprint density at radius 2 is 1.06 bits per heavy atom. The fourth-order valence-corrected chi connectivity index (χ4v) is 9.55. The molecule has 3 saturated heterocycles. The third-order valence-electron chi connectivity index (χ3n) is 13.1. The first kappa shape index (κ1) is 55.1. The van der Waals surface area contributed by atoms with Gasteiger partial charge in [-0.05, 0) is 102 Å². The van der Waals surface area contributed by atoms with Crippen LogP contribution in [0.5, 0.6) is 0 Å². The summed E-state index contributed by atoms with van der Waals surface area (Å²) in [4.78, 5) is 16.5. The molecule has 3 aliphatic rings. The van der Waals surface area contributed by atoms with Gasteiger partial charge in [-0.25, -0.2) is 19.9 Å². The van der Waals surface area contributed by atoms with E-state index < -0.39 is 29.1 Å². The lowest BCUT2D eigenvalue weighted by molar-refractivity contribution is -0.142. The summed E-state index contributed by atoms with van der Waals surface area (Å²) in [7, 11) is 0. The van der Waals surface area contributed by atoms with Gasteiger partial charge in [-0.1, -0.05) is 83.9 Å². The molecular formula is C58H52Cl2F6N10O3. The van der Waals surface area contributed by atoms with Crippen molar-refractivity contribution >= 4 is 90.3 Å². The molecule has 0 amide bonds. The number of ether oxygens (including phenoxy) is 3. The van der Waals surface area contributed by atoms with Crippen molar-refractivity contribution in [2.75, 3.05) is 75.0 Å². The van der Waals surface area contributed by atoms with E-state index >= 15 is 0 Å². The molecule has 0 unspecified atom stereocenters. The summed E-state index contributed by atoms with van der Waals surface area (Å²) in [5.41, 5.74) is 3.76. The highest BCUT2D eigenvalue weighted by molar-refractivity contribution is 6.35. The van der Waals surface area contributed by atoms with Crippen molar-refractivity contribution < 1.29 is 40.6 Å². The van der Waals surface area contributed by atoms with E-state index in [9.17, 15) is 26.3 Å². The molecule has 408 valence electrons. The van der Waals surface area contributed by atoms with Gasteiger partial charge in [0, 0.05) is 77.5 Å². The second-order valence-electron chi connectivity index (χ2n) is 18.6.